The Balaban J connectivity index is 3.23. The predicted octanol–water partition coefficient (Wildman–Crippen LogP) is 3.78. The summed E-state index contributed by atoms with van der Waals surface area (Å²) in [4.78, 5) is 26.2. The van der Waals surface area contributed by atoms with Crippen LogP contribution in [0, 0.1) is 0 Å². The van der Waals surface area contributed by atoms with Crippen LogP contribution in [0.5, 0.6) is 0 Å². The maximum absolute atomic E-state index is 12.4. The summed E-state index contributed by atoms with van der Waals surface area (Å²) in [7, 11) is -4.56. The third-order valence-electron chi connectivity index (χ3n) is 5.06. The summed E-state index contributed by atoms with van der Waals surface area (Å²) in [6, 6.07) is 1.26. The van der Waals surface area contributed by atoms with Crippen LogP contribution in [0.4, 0.5) is 0 Å². The number of rotatable bonds is 12. The summed E-state index contributed by atoms with van der Waals surface area (Å²) >= 11 is 0. The molecule has 0 bridgehead atoms. The molecule has 0 aliphatic heterocycles. The van der Waals surface area contributed by atoms with E-state index < -0.39 is 39.0 Å². The lowest BCUT2D eigenvalue weighted by Crippen LogP contribution is -2.44. The highest BCUT2D eigenvalue weighted by Gasteiger charge is 2.38. The van der Waals surface area contributed by atoms with Gasteiger partial charge in [0, 0.05) is 12.3 Å². The number of hydrogen-bond acceptors (Lipinski definition) is 6. The fourth-order valence-corrected chi connectivity index (χ4v) is 3.85. The van der Waals surface area contributed by atoms with Gasteiger partial charge in [0.15, 0.2) is 14.5 Å². The molecule has 0 aliphatic carbocycles. The molecule has 31 heavy (non-hydrogen) atoms. The zero-order chi connectivity index (χ0) is 23.9. The average molecular weight is 473 g/mol. The molecule has 1 aromatic rings. The van der Waals surface area contributed by atoms with Crippen molar-refractivity contribution in [3.8, 4) is 0 Å². The predicted molar refractivity (Wildman–Crippen MR) is 128 cm³/mol. The Morgan fingerprint density at radius 3 is 2.42 bits per heavy atom. The minimum atomic E-state index is -2.43. The lowest BCUT2D eigenvalue weighted by molar-refractivity contribution is -0.0849. The van der Waals surface area contributed by atoms with E-state index in [0.717, 1.165) is 0 Å². The van der Waals surface area contributed by atoms with Gasteiger partial charge < -0.3 is 18.5 Å². The molecule has 0 saturated heterocycles. The average Bonchev–Trinajstić information content (AvgIpc) is 2.61. The molecule has 8 nitrogen and oxygen atoms in total. The molecule has 0 fully saturated rings. The van der Waals surface area contributed by atoms with Crippen molar-refractivity contribution in [2.75, 3.05) is 33.2 Å². The standard InChI is InChI=1S/C21H37N2O6PSi/c1-9-13-27-15-17(11-14-30(5,6)26)29-19(16-28-31(7,8)21(2,3)4)23-12-10-18(24)22-20(23)25/h9-12,14,17,19H,1,13,15-16H2,2-8H3,(H,22,24,25)/b14-11+. The molecule has 0 radical (unpaired) electrons. The van der Waals surface area contributed by atoms with Gasteiger partial charge in [0.2, 0.25) is 0 Å². The molecule has 0 spiro atoms. The van der Waals surface area contributed by atoms with Gasteiger partial charge >= 0.3 is 5.69 Å². The Bertz CT molecular complexity index is 909. The molecule has 1 heterocycles. The highest BCUT2D eigenvalue weighted by molar-refractivity contribution is 7.65. The van der Waals surface area contributed by atoms with Crippen LogP contribution < -0.4 is 11.2 Å². The second-order valence-corrected chi connectivity index (χ2v) is 17.3. The van der Waals surface area contributed by atoms with Gasteiger partial charge in [-0.25, -0.2) is 4.79 Å². The monoisotopic (exact) mass is 472 g/mol. The van der Waals surface area contributed by atoms with Gasteiger partial charge in [-0.2, -0.15) is 0 Å². The fourth-order valence-electron chi connectivity index (χ4n) is 2.25. The van der Waals surface area contributed by atoms with Gasteiger partial charge in [-0.3, -0.25) is 14.3 Å². The number of aromatic amines is 1. The number of aromatic nitrogens is 2. The van der Waals surface area contributed by atoms with Crippen molar-refractivity contribution in [1.82, 2.24) is 9.55 Å². The van der Waals surface area contributed by atoms with Gasteiger partial charge in [-0.05, 0) is 37.3 Å². The second kappa shape index (κ2) is 11.4. The second-order valence-electron chi connectivity index (χ2n) is 9.32. The van der Waals surface area contributed by atoms with E-state index in [0.29, 0.717) is 6.61 Å². The maximum atomic E-state index is 12.4. The molecular weight excluding hydrogens is 435 g/mol. The Morgan fingerprint density at radius 2 is 1.90 bits per heavy atom. The Labute approximate surface area is 185 Å². The normalized spacial score (nSPS) is 15.2. The van der Waals surface area contributed by atoms with Crippen molar-refractivity contribution in [3.05, 3.63) is 57.6 Å². The molecule has 1 N–H and O–H groups in total. The SMILES string of the molecule is C=CCOCC(/C=C/P(C)(C)=O)OC(CO[Si](C)(C)C(C)(C)C)n1ccc(=O)[nH]c1=O. The van der Waals surface area contributed by atoms with E-state index >= 15 is 0 Å². The number of hydrogen-bond donors (Lipinski definition) is 1. The molecule has 1 rings (SSSR count). The lowest BCUT2D eigenvalue weighted by atomic mass is 10.2. The minimum absolute atomic E-state index is 0.0308. The zero-order valence-electron chi connectivity index (χ0n) is 19.7. The molecule has 0 amide bonds. The highest BCUT2D eigenvalue weighted by atomic mass is 31.2. The number of H-pyrrole nitrogens is 1. The molecule has 0 saturated carbocycles. The van der Waals surface area contributed by atoms with Crippen LogP contribution in [0.25, 0.3) is 0 Å². The van der Waals surface area contributed by atoms with Crippen LogP contribution in [0.15, 0.2) is 46.4 Å². The first-order chi connectivity index (χ1) is 14.2. The zero-order valence-corrected chi connectivity index (χ0v) is 21.6. The summed E-state index contributed by atoms with van der Waals surface area (Å²) < 4.78 is 31.4. The largest absolute Gasteiger partial charge is 0.412 e. The Kier molecular flexibility index (Phi) is 10.1. The van der Waals surface area contributed by atoms with Crippen LogP contribution >= 0.6 is 7.14 Å². The first-order valence-electron chi connectivity index (χ1n) is 10.2. The van der Waals surface area contributed by atoms with Gasteiger partial charge in [0.05, 0.1) is 19.8 Å². The minimum Gasteiger partial charge on any atom is -0.412 e. The van der Waals surface area contributed by atoms with Gasteiger partial charge in [-0.1, -0.05) is 32.9 Å². The summed E-state index contributed by atoms with van der Waals surface area (Å²) in [5.41, 5.74) is -1.09. The molecule has 2 unspecified atom stereocenters. The van der Waals surface area contributed by atoms with E-state index in [1.54, 1.807) is 31.3 Å². The smallest absolute Gasteiger partial charge is 0.330 e. The third kappa shape index (κ3) is 9.66. The van der Waals surface area contributed by atoms with Crippen LogP contribution in [0.2, 0.25) is 18.1 Å². The van der Waals surface area contributed by atoms with Crippen molar-refractivity contribution in [2.45, 2.75) is 51.2 Å². The molecule has 10 heteroatoms. The van der Waals surface area contributed by atoms with E-state index in [-0.39, 0.29) is 18.3 Å². The first kappa shape index (κ1) is 27.5. The van der Waals surface area contributed by atoms with Crippen LogP contribution in [0.1, 0.15) is 27.0 Å². The van der Waals surface area contributed by atoms with Crippen molar-refractivity contribution in [1.29, 1.82) is 0 Å². The van der Waals surface area contributed by atoms with Gasteiger partial charge in [-0.15, -0.1) is 6.58 Å². The molecule has 0 aliphatic rings. The molecule has 1 aromatic heterocycles. The lowest BCUT2D eigenvalue weighted by Gasteiger charge is -2.37. The maximum Gasteiger partial charge on any atom is 0.330 e. The van der Waals surface area contributed by atoms with Gasteiger partial charge in [0.1, 0.15) is 13.2 Å². The van der Waals surface area contributed by atoms with Gasteiger partial charge in [0.25, 0.3) is 5.56 Å². The van der Waals surface area contributed by atoms with E-state index in [1.807, 2.05) is 0 Å². The molecule has 176 valence electrons. The van der Waals surface area contributed by atoms with Crippen molar-refractivity contribution >= 4 is 15.5 Å². The highest BCUT2D eigenvalue weighted by Crippen LogP contribution is 2.38. The summed E-state index contributed by atoms with van der Waals surface area (Å²) in [6.45, 7) is 18.1. The summed E-state index contributed by atoms with van der Waals surface area (Å²) in [5, 5.41) is -0.0308. The topological polar surface area (TPSA) is 99.6 Å². The molecular formula is C21H37N2O6PSi. The summed E-state index contributed by atoms with van der Waals surface area (Å²) in [5.74, 6) is 1.61. The van der Waals surface area contributed by atoms with E-state index in [2.05, 4.69) is 45.4 Å². The van der Waals surface area contributed by atoms with E-state index in [4.69, 9.17) is 13.9 Å². The van der Waals surface area contributed by atoms with Crippen molar-refractivity contribution < 1.29 is 18.5 Å². The third-order valence-corrected chi connectivity index (χ3v) is 10.5. The Hall–Kier alpha value is -1.51. The van der Waals surface area contributed by atoms with Crippen LogP contribution in [0.3, 0.4) is 0 Å². The fraction of sp³-hybridized carbons (Fsp3) is 0.619. The van der Waals surface area contributed by atoms with Crippen LogP contribution in [-0.4, -0.2) is 57.1 Å². The quantitative estimate of drug-likeness (QED) is 0.215. The number of ether oxygens (including phenoxy) is 2. The first-order valence-corrected chi connectivity index (χ1v) is 15.8. The van der Waals surface area contributed by atoms with Crippen LogP contribution in [-0.2, 0) is 18.5 Å². The Morgan fingerprint density at radius 1 is 1.26 bits per heavy atom. The van der Waals surface area contributed by atoms with E-state index in [1.165, 1.54) is 16.8 Å². The molecule has 2 atom stereocenters. The van der Waals surface area contributed by atoms with E-state index in [9.17, 15) is 14.2 Å². The molecule has 0 aromatic carbocycles. The number of nitrogens with one attached hydrogen (secondary N) is 1. The summed E-state index contributed by atoms with van der Waals surface area (Å²) in [6.07, 6.45) is 3.29. The van der Waals surface area contributed by atoms with Crippen molar-refractivity contribution in [2.24, 2.45) is 0 Å². The van der Waals surface area contributed by atoms with Crippen molar-refractivity contribution in [3.63, 3.8) is 0 Å². The number of nitrogens with zero attached hydrogens (tertiary/aromatic N) is 1.